The molecule has 0 radical (unpaired) electrons. The number of unbranched alkanes of at least 4 members (excludes halogenated alkanes) is 2. The fourth-order valence-electron chi connectivity index (χ4n) is 2.34. The standard InChI is InChI=1S/C15H21N/c1-3-5-8-11-16-14(4-2)12-13-9-6-7-10-15(13)16/h6-7,9-10,12H,3-5,8,11H2,1-2H3. The zero-order valence-electron chi connectivity index (χ0n) is 10.4. The van der Waals surface area contributed by atoms with Gasteiger partial charge >= 0.3 is 0 Å². The number of aromatic nitrogens is 1. The molecular weight excluding hydrogens is 194 g/mol. The molecular formula is C15H21N. The molecule has 0 unspecified atom stereocenters. The molecule has 0 amide bonds. The summed E-state index contributed by atoms with van der Waals surface area (Å²) >= 11 is 0. The Hall–Kier alpha value is -1.24. The third-order valence-electron chi connectivity index (χ3n) is 3.24. The van der Waals surface area contributed by atoms with Gasteiger partial charge in [0, 0.05) is 17.8 Å². The highest BCUT2D eigenvalue weighted by atomic mass is 15.0. The largest absolute Gasteiger partial charge is 0.345 e. The summed E-state index contributed by atoms with van der Waals surface area (Å²) in [5, 5.41) is 1.39. The van der Waals surface area contributed by atoms with E-state index in [1.54, 1.807) is 0 Å². The van der Waals surface area contributed by atoms with Crippen molar-refractivity contribution < 1.29 is 0 Å². The average Bonchev–Trinajstić information content (AvgIpc) is 2.68. The number of fused-ring (bicyclic) bond motifs is 1. The van der Waals surface area contributed by atoms with Crippen molar-refractivity contribution in [1.82, 2.24) is 4.57 Å². The van der Waals surface area contributed by atoms with Gasteiger partial charge in [-0.3, -0.25) is 0 Å². The molecule has 0 spiro atoms. The highest BCUT2D eigenvalue weighted by Gasteiger charge is 2.05. The van der Waals surface area contributed by atoms with Crippen LogP contribution in [0.3, 0.4) is 0 Å². The minimum Gasteiger partial charge on any atom is -0.345 e. The van der Waals surface area contributed by atoms with Gasteiger partial charge in [-0.25, -0.2) is 0 Å². The molecule has 0 aliphatic heterocycles. The van der Waals surface area contributed by atoms with Gasteiger partial charge in [-0.15, -0.1) is 0 Å². The first-order valence-electron chi connectivity index (χ1n) is 6.44. The van der Waals surface area contributed by atoms with Gasteiger partial charge in [0.15, 0.2) is 0 Å². The predicted molar refractivity (Wildman–Crippen MR) is 70.8 cm³/mol. The Bertz CT molecular complexity index is 453. The number of benzene rings is 1. The van der Waals surface area contributed by atoms with Crippen LogP contribution >= 0.6 is 0 Å². The van der Waals surface area contributed by atoms with Crippen molar-refractivity contribution >= 4 is 10.9 Å². The van der Waals surface area contributed by atoms with Crippen LogP contribution in [0.4, 0.5) is 0 Å². The molecule has 2 rings (SSSR count). The minimum absolute atomic E-state index is 1.13. The monoisotopic (exact) mass is 215 g/mol. The molecule has 0 N–H and O–H groups in total. The summed E-state index contributed by atoms with van der Waals surface area (Å²) in [6, 6.07) is 11.0. The average molecular weight is 215 g/mol. The Morgan fingerprint density at radius 1 is 1.06 bits per heavy atom. The fraction of sp³-hybridized carbons (Fsp3) is 0.467. The molecule has 1 heteroatoms. The molecule has 0 saturated carbocycles. The molecule has 0 aliphatic rings. The Balaban J connectivity index is 2.32. The maximum atomic E-state index is 2.49. The van der Waals surface area contributed by atoms with E-state index in [1.807, 2.05) is 0 Å². The first-order valence-corrected chi connectivity index (χ1v) is 6.44. The van der Waals surface area contributed by atoms with Crippen LogP contribution in [0.2, 0.25) is 0 Å². The van der Waals surface area contributed by atoms with Gasteiger partial charge in [-0.2, -0.15) is 0 Å². The minimum atomic E-state index is 1.13. The van der Waals surface area contributed by atoms with E-state index in [2.05, 4.69) is 48.7 Å². The van der Waals surface area contributed by atoms with Crippen LogP contribution in [-0.4, -0.2) is 4.57 Å². The molecule has 16 heavy (non-hydrogen) atoms. The topological polar surface area (TPSA) is 4.93 Å². The molecule has 0 atom stereocenters. The van der Waals surface area contributed by atoms with Gasteiger partial charge in [0.1, 0.15) is 0 Å². The summed E-state index contributed by atoms with van der Waals surface area (Å²) in [6.07, 6.45) is 5.04. The van der Waals surface area contributed by atoms with Crippen LogP contribution in [0, 0.1) is 0 Å². The number of nitrogens with zero attached hydrogens (tertiary/aromatic N) is 1. The van der Waals surface area contributed by atoms with E-state index in [9.17, 15) is 0 Å². The van der Waals surface area contributed by atoms with Gasteiger partial charge in [0.05, 0.1) is 0 Å². The van der Waals surface area contributed by atoms with Gasteiger partial charge in [-0.05, 0) is 30.4 Å². The second kappa shape index (κ2) is 5.20. The third kappa shape index (κ3) is 2.13. The lowest BCUT2D eigenvalue weighted by molar-refractivity contribution is 0.600. The fourth-order valence-corrected chi connectivity index (χ4v) is 2.34. The summed E-state index contributed by atoms with van der Waals surface area (Å²) in [5.41, 5.74) is 2.87. The molecule has 2 aromatic rings. The van der Waals surface area contributed by atoms with Gasteiger partial charge < -0.3 is 4.57 Å². The highest BCUT2D eigenvalue weighted by molar-refractivity contribution is 5.81. The Morgan fingerprint density at radius 2 is 1.88 bits per heavy atom. The van der Waals surface area contributed by atoms with E-state index >= 15 is 0 Å². The number of hydrogen-bond donors (Lipinski definition) is 0. The Kier molecular flexibility index (Phi) is 3.66. The van der Waals surface area contributed by atoms with Crippen molar-refractivity contribution in [2.24, 2.45) is 0 Å². The molecule has 0 fully saturated rings. The SMILES string of the molecule is CCCCCn1c(CC)cc2ccccc21. The summed E-state index contributed by atoms with van der Waals surface area (Å²) in [6.45, 7) is 5.67. The van der Waals surface area contributed by atoms with E-state index in [0.717, 1.165) is 6.42 Å². The van der Waals surface area contributed by atoms with Gasteiger partial charge in [0.2, 0.25) is 0 Å². The second-order valence-corrected chi connectivity index (χ2v) is 4.41. The summed E-state index contributed by atoms with van der Waals surface area (Å²) in [4.78, 5) is 0. The number of aryl methyl sites for hydroxylation is 2. The van der Waals surface area contributed by atoms with E-state index in [0.29, 0.717) is 0 Å². The number of hydrogen-bond acceptors (Lipinski definition) is 0. The van der Waals surface area contributed by atoms with Crippen molar-refractivity contribution in [1.29, 1.82) is 0 Å². The molecule has 1 heterocycles. The zero-order valence-corrected chi connectivity index (χ0v) is 10.4. The Labute approximate surface area is 98.1 Å². The van der Waals surface area contributed by atoms with E-state index < -0.39 is 0 Å². The highest BCUT2D eigenvalue weighted by Crippen LogP contribution is 2.20. The molecule has 86 valence electrons. The summed E-state index contributed by atoms with van der Waals surface area (Å²) < 4.78 is 2.49. The van der Waals surface area contributed by atoms with E-state index in [4.69, 9.17) is 0 Å². The van der Waals surface area contributed by atoms with Crippen molar-refractivity contribution in [2.45, 2.75) is 46.1 Å². The van der Waals surface area contributed by atoms with Crippen molar-refractivity contribution in [3.8, 4) is 0 Å². The molecule has 0 bridgehead atoms. The lowest BCUT2D eigenvalue weighted by atomic mass is 10.2. The van der Waals surface area contributed by atoms with Crippen LogP contribution < -0.4 is 0 Å². The predicted octanol–water partition coefficient (Wildman–Crippen LogP) is 4.39. The number of para-hydroxylation sites is 1. The quantitative estimate of drug-likeness (QED) is 0.652. The van der Waals surface area contributed by atoms with E-state index in [1.165, 1.54) is 42.4 Å². The van der Waals surface area contributed by atoms with Crippen LogP contribution in [0.5, 0.6) is 0 Å². The lowest BCUT2D eigenvalue weighted by Crippen LogP contribution is -2.01. The molecule has 0 aliphatic carbocycles. The third-order valence-corrected chi connectivity index (χ3v) is 3.24. The zero-order chi connectivity index (χ0) is 11.4. The van der Waals surface area contributed by atoms with E-state index in [-0.39, 0.29) is 0 Å². The smallest absolute Gasteiger partial charge is 0.0482 e. The molecule has 0 saturated heterocycles. The maximum absolute atomic E-state index is 2.49. The Morgan fingerprint density at radius 3 is 2.62 bits per heavy atom. The normalized spacial score (nSPS) is 11.1. The first kappa shape index (κ1) is 11.3. The van der Waals surface area contributed by atoms with Gasteiger partial charge in [-0.1, -0.05) is 44.9 Å². The molecule has 1 aromatic carbocycles. The number of rotatable bonds is 5. The van der Waals surface area contributed by atoms with Crippen molar-refractivity contribution in [3.05, 3.63) is 36.0 Å². The maximum Gasteiger partial charge on any atom is 0.0482 e. The van der Waals surface area contributed by atoms with Crippen LogP contribution in [0.25, 0.3) is 10.9 Å². The summed E-state index contributed by atoms with van der Waals surface area (Å²) in [5.74, 6) is 0. The van der Waals surface area contributed by atoms with Crippen molar-refractivity contribution in [3.63, 3.8) is 0 Å². The second-order valence-electron chi connectivity index (χ2n) is 4.41. The van der Waals surface area contributed by atoms with Crippen molar-refractivity contribution in [2.75, 3.05) is 0 Å². The molecule has 1 nitrogen and oxygen atoms in total. The van der Waals surface area contributed by atoms with Crippen LogP contribution in [0.1, 0.15) is 38.8 Å². The summed E-state index contributed by atoms with van der Waals surface area (Å²) in [7, 11) is 0. The van der Waals surface area contributed by atoms with Crippen LogP contribution in [-0.2, 0) is 13.0 Å². The first-order chi connectivity index (χ1) is 7.86. The molecule has 1 aromatic heterocycles. The van der Waals surface area contributed by atoms with Gasteiger partial charge in [0.25, 0.3) is 0 Å². The van der Waals surface area contributed by atoms with Crippen LogP contribution in [0.15, 0.2) is 30.3 Å². The lowest BCUT2D eigenvalue weighted by Gasteiger charge is -2.08.